The van der Waals surface area contributed by atoms with Crippen LogP contribution in [0.1, 0.15) is 45.7 Å². The molecule has 1 N–H and O–H groups in total. The van der Waals surface area contributed by atoms with Gasteiger partial charge in [0.2, 0.25) is 0 Å². The predicted octanol–water partition coefficient (Wildman–Crippen LogP) is 3.15. The first kappa shape index (κ1) is 13.3. The van der Waals surface area contributed by atoms with Gasteiger partial charge in [0.15, 0.2) is 10.7 Å². The Hall–Kier alpha value is -1.10. The lowest BCUT2D eigenvalue weighted by molar-refractivity contribution is -0.150. The summed E-state index contributed by atoms with van der Waals surface area (Å²) in [6.07, 6.45) is 2.66. The Labute approximate surface area is 112 Å². The molecule has 5 heteroatoms. The van der Waals surface area contributed by atoms with Gasteiger partial charge in [0.1, 0.15) is 0 Å². The molecule has 1 aromatic heterocycles. The molecule has 0 bridgehead atoms. The van der Waals surface area contributed by atoms with Crippen LogP contribution < -0.4 is 5.32 Å². The molecule has 0 amide bonds. The fourth-order valence-electron chi connectivity index (χ4n) is 2.37. The minimum absolute atomic E-state index is 0.0317. The Morgan fingerprint density at radius 1 is 1.61 bits per heavy atom. The van der Waals surface area contributed by atoms with E-state index in [2.05, 4.69) is 17.2 Å². The van der Waals surface area contributed by atoms with Crippen LogP contribution in [0.15, 0.2) is 5.38 Å². The molecule has 2 rings (SSSR count). The summed E-state index contributed by atoms with van der Waals surface area (Å²) in [7, 11) is 0. The highest BCUT2D eigenvalue weighted by Gasteiger charge is 2.45. The van der Waals surface area contributed by atoms with Crippen molar-refractivity contribution in [2.24, 2.45) is 5.92 Å². The molecule has 0 aromatic carbocycles. The van der Waals surface area contributed by atoms with Gasteiger partial charge in [-0.25, -0.2) is 4.98 Å². The summed E-state index contributed by atoms with van der Waals surface area (Å²) >= 11 is 1.56. The first-order chi connectivity index (χ1) is 8.59. The van der Waals surface area contributed by atoms with Crippen LogP contribution in [0, 0.1) is 5.92 Å². The van der Waals surface area contributed by atoms with Crippen LogP contribution in [-0.2, 0) is 15.1 Å². The van der Waals surface area contributed by atoms with E-state index in [4.69, 9.17) is 4.74 Å². The number of esters is 1. The molecule has 2 heterocycles. The van der Waals surface area contributed by atoms with E-state index in [1.54, 1.807) is 11.3 Å². The summed E-state index contributed by atoms with van der Waals surface area (Å²) in [6.45, 7) is 6.94. The molecule has 1 fully saturated rings. The Morgan fingerprint density at radius 3 is 3.06 bits per heavy atom. The summed E-state index contributed by atoms with van der Waals surface area (Å²) in [4.78, 5) is 16.3. The van der Waals surface area contributed by atoms with Crippen molar-refractivity contribution < 1.29 is 9.53 Å². The number of carbonyl (C=O) groups excluding carboxylic acids is 1. The topological polar surface area (TPSA) is 51.2 Å². The fraction of sp³-hybridized carbons (Fsp3) is 0.692. The largest absolute Gasteiger partial charge is 0.453 e. The molecule has 0 saturated carbocycles. The van der Waals surface area contributed by atoms with E-state index in [1.165, 1.54) is 0 Å². The van der Waals surface area contributed by atoms with Crippen molar-refractivity contribution in [2.45, 2.75) is 45.6 Å². The first-order valence-electron chi connectivity index (χ1n) is 6.51. The lowest BCUT2D eigenvalue weighted by Gasteiger charge is -2.19. The van der Waals surface area contributed by atoms with Crippen LogP contribution in [0.4, 0.5) is 5.13 Å². The highest BCUT2D eigenvalue weighted by atomic mass is 32.1. The summed E-state index contributed by atoms with van der Waals surface area (Å²) < 4.78 is 5.57. The third-order valence-electron chi connectivity index (χ3n) is 3.31. The Kier molecular flexibility index (Phi) is 3.90. The number of hydrogen-bond acceptors (Lipinski definition) is 5. The van der Waals surface area contributed by atoms with Gasteiger partial charge < -0.3 is 10.1 Å². The molecule has 0 unspecified atom stereocenters. The maximum absolute atomic E-state index is 11.8. The number of anilines is 1. The number of cyclic esters (lactones) is 1. The minimum atomic E-state index is -0.541. The van der Waals surface area contributed by atoms with Crippen LogP contribution in [-0.4, -0.2) is 17.5 Å². The maximum Gasteiger partial charge on any atom is 0.310 e. The van der Waals surface area contributed by atoms with Gasteiger partial charge in [-0.15, -0.1) is 11.3 Å². The molecule has 2 atom stereocenters. The molecule has 0 aliphatic carbocycles. The summed E-state index contributed by atoms with van der Waals surface area (Å²) in [5.41, 5.74) is 0.330. The van der Waals surface area contributed by atoms with Gasteiger partial charge in [-0.2, -0.15) is 0 Å². The number of ether oxygens (including phenoxy) is 1. The molecule has 18 heavy (non-hydrogen) atoms. The monoisotopic (exact) mass is 268 g/mol. The smallest absolute Gasteiger partial charge is 0.310 e. The molecule has 0 spiro atoms. The normalized spacial score (nSPS) is 27.3. The van der Waals surface area contributed by atoms with E-state index in [0.717, 1.165) is 36.6 Å². The highest BCUT2D eigenvalue weighted by Crippen LogP contribution is 2.41. The molecule has 100 valence electrons. The number of nitrogens with one attached hydrogen (secondary N) is 1. The standard InChI is InChI=1S/C13H20N2O2S/c1-4-6-9-7-13(3,17-11(9)16)10-8-18-12(15-10)14-5-2/h8-9H,4-7H2,1-3H3,(H,14,15)/t9-,13+/m0/s1. The van der Waals surface area contributed by atoms with Crippen LogP contribution in [0.3, 0.4) is 0 Å². The van der Waals surface area contributed by atoms with Gasteiger partial charge in [0.25, 0.3) is 0 Å². The van der Waals surface area contributed by atoms with E-state index in [9.17, 15) is 4.79 Å². The van der Waals surface area contributed by atoms with Crippen LogP contribution >= 0.6 is 11.3 Å². The van der Waals surface area contributed by atoms with Crippen molar-refractivity contribution in [1.29, 1.82) is 0 Å². The van der Waals surface area contributed by atoms with Crippen molar-refractivity contribution in [2.75, 3.05) is 11.9 Å². The van der Waals surface area contributed by atoms with Crippen molar-refractivity contribution in [3.63, 3.8) is 0 Å². The SMILES string of the molecule is CCC[C@H]1C[C@](C)(c2csc(NCC)n2)OC1=O. The van der Waals surface area contributed by atoms with Gasteiger partial charge in [-0.3, -0.25) is 4.79 Å². The van der Waals surface area contributed by atoms with E-state index < -0.39 is 5.60 Å². The highest BCUT2D eigenvalue weighted by molar-refractivity contribution is 7.13. The van der Waals surface area contributed by atoms with Gasteiger partial charge in [0.05, 0.1) is 11.6 Å². The van der Waals surface area contributed by atoms with Crippen LogP contribution in [0.2, 0.25) is 0 Å². The lowest BCUT2D eigenvalue weighted by Crippen LogP contribution is -2.21. The molecule has 1 saturated heterocycles. The Bertz CT molecular complexity index is 432. The third kappa shape index (κ3) is 2.51. The van der Waals surface area contributed by atoms with Crippen LogP contribution in [0.25, 0.3) is 0 Å². The minimum Gasteiger partial charge on any atom is -0.453 e. The Balaban J connectivity index is 2.13. The van der Waals surface area contributed by atoms with Gasteiger partial charge >= 0.3 is 5.97 Å². The molecular formula is C13H20N2O2S. The van der Waals surface area contributed by atoms with Crippen molar-refractivity contribution in [3.05, 3.63) is 11.1 Å². The zero-order valence-corrected chi connectivity index (χ0v) is 12.0. The summed E-state index contributed by atoms with van der Waals surface area (Å²) in [5, 5.41) is 6.06. The second-order valence-electron chi connectivity index (χ2n) is 4.91. The number of thiazole rings is 1. The second-order valence-corrected chi connectivity index (χ2v) is 5.77. The summed E-state index contributed by atoms with van der Waals surface area (Å²) in [5.74, 6) is -0.0402. The summed E-state index contributed by atoms with van der Waals surface area (Å²) in [6, 6.07) is 0. The average molecular weight is 268 g/mol. The van der Waals surface area contributed by atoms with Crippen molar-refractivity contribution >= 4 is 22.4 Å². The zero-order valence-electron chi connectivity index (χ0n) is 11.2. The van der Waals surface area contributed by atoms with Crippen LogP contribution in [0.5, 0.6) is 0 Å². The molecular weight excluding hydrogens is 248 g/mol. The average Bonchev–Trinajstić information content (AvgIpc) is 2.87. The molecule has 1 aromatic rings. The fourth-order valence-corrected chi connectivity index (χ4v) is 3.28. The van der Waals surface area contributed by atoms with Gasteiger partial charge in [-0.05, 0) is 20.3 Å². The lowest BCUT2D eigenvalue weighted by atomic mass is 9.91. The van der Waals surface area contributed by atoms with E-state index in [0.29, 0.717) is 0 Å². The number of aromatic nitrogens is 1. The number of rotatable bonds is 5. The Morgan fingerprint density at radius 2 is 2.39 bits per heavy atom. The maximum atomic E-state index is 11.8. The molecule has 4 nitrogen and oxygen atoms in total. The second kappa shape index (κ2) is 5.26. The number of carbonyl (C=O) groups is 1. The molecule has 0 radical (unpaired) electrons. The van der Waals surface area contributed by atoms with E-state index in [1.807, 2.05) is 19.2 Å². The van der Waals surface area contributed by atoms with Crippen molar-refractivity contribution in [3.8, 4) is 0 Å². The molecule has 1 aliphatic heterocycles. The zero-order chi connectivity index (χ0) is 13.2. The van der Waals surface area contributed by atoms with Crippen molar-refractivity contribution in [1.82, 2.24) is 4.98 Å². The quantitative estimate of drug-likeness (QED) is 0.833. The number of hydrogen-bond donors (Lipinski definition) is 1. The third-order valence-corrected chi connectivity index (χ3v) is 4.11. The number of nitrogens with zero attached hydrogens (tertiary/aromatic N) is 1. The van der Waals surface area contributed by atoms with Gasteiger partial charge in [0, 0.05) is 18.3 Å². The molecule has 1 aliphatic rings. The first-order valence-corrected chi connectivity index (χ1v) is 7.39. The van der Waals surface area contributed by atoms with E-state index >= 15 is 0 Å². The van der Waals surface area contributed by atoms with E-state index in [-0.39, 0.29) is 11.9 Å². The van der Waals surface area contributed by atoms with Gasteiger partial charge in [-0.1, -0.05) is 13.3 Å². The predicted molar refractivity (Wildman–Crippen MR) is 72.7 cm³/mol.